The Kier molecular flexibility index (Phi) is 7.81. The van der Waals surface area contributed by atoms with Crippen LogP contribution in [0.25, 0.3) is 0 Å². The monoisotopic (exact) mass is 473 g/mol. The number of carbonyl (C=O) groups excluding carboxylic acids is 2. The van der Waals surface area contributed by atoms with Gasteiger partial charge in [-0.05, 0) is 36.2 Å². The van der Waals surface area contributed by atoms with Gasteiger partial charge in [0, 0.05) is 57.4 Å². The van der Waals surface area contributed by atoms with Crippen molar-refractivity contribution in [1.29, 1.82) is 0 Å². The van der Waals surface area contributed by atoms with Crippen LogP contribution in [0.1, 0.15) is 17.7 Å². The second-order valence-electron chi connectivity index (χ2n) is 8.91. The SMILES string of the molecule is O=C1C[C@H](C(=O)N[C@@H](Cc2cc(F)cc(F)c2)[C@H](O)[C@H]2CN(Cc3ccccn3)CCN2)CN1. The van der Waals surface area contributed by atoms with Gasteiger partial charge < -0.3 is 21.1 Å². The summed E-state index contributed by atoms with van der Waals surface area (Å²) in [7, 11) is 0. The highest BCUT2D eigenvalue weighted by Gasteiger charge is 2.35. The molecule has 2 aromatic rings. The zero-order valence-corrected chi connectivity index (χ0v) is 18.7. The van der Waals surface area contributed by atoms with Crippen LogP contribution in [-0.4, -0.2) is 71.2 Å². The smallest absolute Gasteiger partial charge is 0.225 e. The number of rotatable bonds is 8. The average Bonchev–Trinajstić information content (AvgIpc) is 3.25. The Morgan fingerprint density at radius 1 is 1.26 bits per heavy atom. The molecule has 10 heteroatoms. The fourth-order valence-electron chi connectivity index (χ4n) is 4.55. The second kappa shape index (κ2) is 11.0. The molecule has 182 valence electrons. The third-order valence-corrected chi connectivity index (χ3v) is 6.28. The molecule has 34 heavy (non-hydrogen) atoms. The highest BCUT2D eigenvalue weighted by atomic mass is 19.1. The predicted molar refractivity (Wildman–Crippen MR) is 120 cm³/mol. The predicted octanol–water partition coefficient (Wildman–Crippen LogP) is 0.358. The first kappa shape index (κ1) is 24.2. The van der Waals surface area contributed by atoms with E-state index in [9.17, 15) is 23.5 Å². The van der Waals surface area contributed by atoms with Crippen molar-refractivity contribution in [3.8, 4) is 0 Å². The summed E-state index contributed by atoms with van der Waals surface area (Å²) >= 11 is 0. The van der Waals surface area contributed by atoms with Crippen molar-refractivity contribution in [2.75, 3.05) is 26.2 Å². The Morgan fingerprint density at radius 3 is 2.74 bits per heavy atom. The average molecular weight is 474 g/mol. The number of aliphatic hydroxyl groups is 1. The zero-order valence-electron chi connectivity index (χ0n) is 18.7. The summed E-state index contributed by atoms with van der Waals surface area (Å²) in [5, 5.41) is 20.0. The Bertz CT molecular complexity index is 989. The van der Waals surface area contributed by atoms with Crippen molar-refractivity contribution in [2.45, 2.75) is 37.6 Å². The van der Waals surface area contributed by atoms with Crippen LogP contribution in [0.5, 0.6) is 0 Å². The number of amides is 2. The minimum atomic E-state index is -1.04. The van der Waals surface area contributed by atoms with Crippen LogP contribution in [0, 0.1) is 17.6 Å². The van der Waals surface area contributed by atoms with E-state index in [1.807, 2.05) is 18.2 Å². The van der Waals surface area contributed by atoms with E-state index in [4.69, 9.17) is 0 Å². The van der Waals surface area contributed by atoms with Gasteiger partial charge in [-0.1, -0.05) is 6.07 Å². The van der Waals surface area contributed by atoms with E-state index in [0.29, 0.717) is 25.2 Å². The van der Waals surface area contributed by atoms with E-state index in [1.165, 1.54) is 12.1 Å². The number of hydrogen-bond acceptors (Lipinski definition) is 6. The summed E-state index contributed by atoms with van der Waals surface area (Å²) in [6, 6.07) is 7.68. The summed E-state index contributed by atoms with van der Waals surface area (Å²) < 4.78 is 27.6. The number of piperazine rings is 1. The molecule has 2 aliphatic rings. The molecule has 0 spiro atoms. The molecule has 4 atom stereocenters. The first-order valence-electron chi connectivity index (χ1n) is 11.4. The lowest BCUT2D eigenvalue weighted by Crippen LogP contribution is -2.61. The maximum Gasteiger partial charge on any atom is 0.225 e. The maximum atomic E-state index is 13.8. The minimum absolute atomic E-state index is 0.0358. The summed E-state index contributed by atoms with van der Waals surface area (Å²) in [5.41, 5.74) is 1.24. The fraction of sp³-hybridized carbons (Fsp3) is 0.458. The van der Waals surface area contributed by atoms with E-state index in [2.05, 4.69) is 25.8 Å². The van der Waals surface area contributed by atoms with Gasteiger partial charge >= 0.3 is 0 Å². The molecule has 1 aromatic carbocycles. The normalized spacial score (nSPS) is 22.7. The quantitative estimate of drug-likeness (QED) is 0.441. The van der Waals surface area contributed by atoms with E-state index in [1.54, 1.807) is 6.20 Å². The van der Waals surface area contributed by atoms with Crippen molar-refractivity contribution < 1.29 is 23.5 Å². The second-order valence-corrected chi connectivity index (χ2v) is 8.91. The number of nitrogens with one attached hydrogen (secondary N) is 3. The summed E-state index contributed by atoms with van der Waals surface area (Å²) in [6.45, 7) is 2.74. The lowest BCUT2D eigenvalue weighted by atomic mass is 9.94. The highest BCUT2D eigenvalue weighted by molar-refractivity contribution is 5.89. The van der Waals surface area contributed by atoms with Crippen molar-refractivity contribution in [2.24, 2.45) is 5.92 Å². The molecule has 0 bridgehead atoms. The third-order valence-electron chi connectivity index (χ3n) is 6.28. The Labute approximate surface area is 196 Å². The first-order chi connectivity index (χ1) is 16.4. The fourth-order valence-corrected chi connectivity index (χ4v) is 4.55. The lowest BCUT2D eigenvalue weighted by Gasteiger charge is -2.38. The summed E-state index contributed by atoms with van der Waals surface area (Å²) in [5.74, 6) is -2.58. The Morgan fingerprint density at radius 2 is 2.06 bits per heavy atom. The van der Waals surface area contributed by atoms with Gasteiger partial charge in [0.2, 0.25) is 11.8 Å². The van der Waals surface area contributed by atoms with Gasteiger partial charge in [0.1, 0.15) is 11.6 Å². The van der Waals surface area contributed by atoms with Crippen molar-refractivity contribution in [3.05, 3.63) is 65.5 Å². The molecule has 3 heterocycles. The highest BCUT2D eigenvalue weighted by Crippen LogP contribution is 2.17. The number of benzene rings is 1. The zero-order chi connectivity index (χ0) is 24.1. The number of halogens is 2. The molecule has 0 radical (unpaired) electrons. The molecule has 0 saturated carbocycles. The van der Waals surface area contributed by atoms with E-state index >= 15 is 0 Å². The molecule has 1 aromatic heterocycles. The number of aliphatic hydroxyl groups excluding tert-OH is 1. The topological polar surface area (TPSA) is 107 Å². The number of aromatic nitrogens is 1. The van der Waals surface area contributed by atoms with Crippen molar-refractivity contribution >= 4 is 11.8 Å². The number of hydrogen-bond donors (Lipinski definition) is 4. The molecule has 4 rings (SSSR count). The molecule has 2 amide bonds. The van der Waals surface area contributed by atoms with Crippen LogP contribution >= 0.6 is 0 Å². The van der Waals surface area contributed by atoms with Gasteiger partial charge in [-0.2, -0.15) is 0 Å². The van der Waals surface area contributed by atoms with Crippen LogP contribution < -0.4 is 16.0 Å². The van der Waals surface area contributed by atoms with Crippen molar-refractivity contribution in [1.82, 2.24) is 25.8 Å². The molecule has 0 unspecified atom stereocenters. The summed E-state index contributed by atoms with van der Waals surface area (Å²) in [6.07, 6.45) is 0.805. The Hall–Kier alpha value is -2.95. The van der Waals surface area contributed by atoms with E-state index in [0.717, 1.165) is 18.3 Å². The molecule has 8 nitrogen and oxygen atoms in total. The molecule has 4 N–H and O–H groups in total. The van der Waals surface area contributed by atoms with Crippen LogP contribution in [0.2, 0.25) is 0 Å². The minimum Gasteiger partial charge on any atom is -0.389 e. The molecule has 2 aliphatic heterocycles. The van der Waals surface area contributed by atoms with Gasteiger partial charge in [0.25, 0.3) is 0 Å². The van der Waals surface area contributed by atoms with Crippen LogP contribution in [0.3, 0.4) is 0 Å². The molecule has 2 fully saturated rings. The number of carbonyl (C=O) groups is 2. The summed E-state index contributed by atoms with van der Waals surface area (Å²) in [4.78, 5) is 30.9. The Balaban J connectivity index is 1.48. The van der Waals surface area contributed by atoms with E-state index in [-0.39, 0.29) is 37.2 Å². The molecule has 2 saturated heterocycles. The largest absolute Gasteiger partial charge is 0.389 e. The number of nitrogens with zero attached hydrogens (tertiary/aromatic N) is 2. The van der Waals surface area contributed by atoms with Gasteiger partial charge in [-0.3, -0.25) is 19.5 Å². The standard InChI is InChI=1S/C24H29F2N5O3/c25-17-7-15(8-18(26)11-17)9-20(30-24(34)16-10-22(32)29-12-16)23(33)21-14-31(6-5-28-21)13-19-3-1-2-4-27-19/h1-4,7-8,11,16,20-21,23,28,33H,5-6,9-10,12-14H2,(H,29,32)(H,30,34)/t16-,20-,21+,23-/m0/s1. The van der Waals surface area contributed by atoms with Crippen LogP contribution in [0.4, 0.5) is 8.78 Å². The van der Waals surface area contributed by atoms with Crippen molar-refractivity contribution in [3.63, 3.8) is 0 Å². The van der Waals surface area contributed by atoms with Gasteiger partial charge in [-0.15, -0.1) is 0 Å². The lowest BCUT2D eigenvalue weighted by molar-refractivity contribution is -0.128. The molecular weight excluding hydrogens is 444 g/mol. The van der Waals surface area contributed by atoms with E-state index < -0.39 is 29.7 Å². The van der Waals surface area contributed by atoms with Gasteiger partial charge in [0.05, 0.1) is 23.8 Å². The molecule has 0 aliphatic carbocycles. The van der Waals surface area contributed by atoms with Crippen LogP contribution in [-0.2, 0) is 22.6 Å². The first-order valence-corrected chi connectivity index (χ1v) is 11.4. The van der Waals surface area contributed by atoms with Crippen LogP contribution in [0.15, 0.2) is 42.6 Å². The van der Waals surface area contributed by atoms with Gasteiger partial charge in [0.15, 0.2) is 0 Å². The van der Waals surface area contributed by atoms with Gasteiger partial charge in [-0.25, -0.2) is 8.78 Å². The number of pyridine rings is 1. The molecular formula is C24H29F2N5O3. The third kappa shape index (κ3) is 6.34. The maximum absolute atomic E-state index is 13.8.